The molecule has 5 heteroatoms. The Morgan fingerprint density at radius 3 is 2.63 bits per heavy atom. The molecule has 0 aromatic rings. The van der Waals surface area contributed by atoms with Gasteiger partial charge in [0.1, 0.15) is 0 Å². The zero-order valence-electron chi connectivity index (χ0n) is 13.3. The largest absolute Gasteiger partial charge is 0.379 e. The number of hydrogen-bond acceptors (Lipinski definition) is 5. The molecule has 3 N–H and O–H groups in total. The van der Waals surface area contributed by atoms with Crippen molar-refractivity contribution in [2.45, 2.75) is 50.8 Å². The van der Waals surface area contributed by atoms with Crippen LogP contribution in [0.4, 0.5) is 0 Å². The van der Waals surface area contributed by atoms with E-state index in [4.69, 9.17) is 10.6 Å². The Balaban J connectivity index is 2.61. The van der Waals surface area contributed by atoms with Crippen LogP contribution in [0, 0.1) is 0 Å². The van der Waals surface area contributed by atoms with Crippen LogP contribution in [0.2, 0.25) is 0 Å². The Kier molecular flexibility index (Phi) is 6.69. The van der Waals surface area contributed by atoms with Crippen molar-refractivity contribution in [1.29, 1.82) is 0 Å². The molecule has 0 aromatic heterocycles. The van der Waals surface area contributed by atoms with Crippen LogP contribution in [0.3, 0.4) is 0 Å². The number of likely N-dealkylation sites (N-methyl/N-ethyl adjacent to an activating group) is 2. The molecular formula is C14H32N4O. The number of methoxy groups -OCH3 is 1. The maximum atomic E-state index is 5.80. The summed E-state index contributed by atoms with van der Waals surface area (Å²) < 4.78 is 5.50. The van der Waals surface area contributed by atoms with Gasteiger partial charge in [0.15, 0.2) is 0 Å². The summed E-state index contributed by atoms with van der Waals surface area (Å²) in [6.07, 6.45) is 3.26. The fraction of sp³-hybridized carbons (Fsp3) is 1.00. The summed E-state index contributed by atoms with van der Waals surface area (Å²) in [4.78, 5) is 4.84. The summed E-state index contributed by atoms with van der Waals surface area (Å²) in [6, 6.07) is 0.769. The van der Waals surface area contributed by atoms with Crippen LogP contribution in [0.1, 0.15) is 33.1 Å². The highest BCUT2D eigenvalue weighted by molar-refractivity contribution is 4.88. The van der Waals surface area contributed by atoms with Crippen molar-refractivity contribution in [3.8, 4) is 0 Å². The van der Waals surface area contributed by atoms with Crippen molar-refractivity contribution >= 4 is 0 Å². The topological polar surface area (TPSA) is 53.8 Å². The molecule has 114 valence electrons. The van der Waals surface area contributed by atoms with Gasteiger partial charge in [-0.05, 0) is 60.3 Å². The van der Waals surface area contributed by atoms with Crippen molar-refractivity contribution in [1.82, 2.24) is 15.2 Å². The molecule has 1 aliphatic rings. The van der Waals surface area contributed by atoms with E-state index in [0.717, 1.165) is 25.9 Å². The Bertz CT molecular complexity index is 260. The number of nitrogens with one attached hydrogen (secondary N) is 1. The predicted molar refractivity (Wildman–Crippen MR) is 80.0 cm³/mol. The first kappa shape index (κ1) is 16.9. The molecule has 2 unspecified atom stereocenters. The van der Waals surface area contributed by atoms with Gasteiger partial charge in [-0.15, -0.1) is 0 Å². The van der Waals surface area contributed by atoms with Gasteiger partial charge >= 0.3 is 0 Å². The molecule has 1 heterocycles. The maximum absolute atomic E-state index is 5.80. The lowest BCUT2D eigenvalue weighted by Gasteiger charge is -2.35. The van der Waals surface area contributed by atoms with Gasteiger partial charge < -0.3 is 14.5 Å². The third-order valence-electron chi connectivity index (χ3n) is 4.40. The van der Waals surface area contributed by atoms with E-state index in [-0.39, 0.29) is 5.60 Å². The van der Waals surface area contributed by atoms with Crippen LogP contribution < -0.4 is 11.3 Å². The molecule has 0 spiro atoms. The Morgan fingerprint density at radius 2 is 2.05 bits per heavy atom. The first-order valence-corrected chi connectivity index (χ1v) is 7.29. The summed E-state index contributed by atoms with van der Waals surface area (Å²) >= 11 is 0. The second-order valence-corrected chi connectivity index (χ2v) is 6.44. The Hall–Kier alpha value is -0.200. The van der Waals surface area contributed by atoms with Gasteiger partial charge in [0, 0.05) is 25.7 Å². The highest BCUT2D eigenvalue weighted by Gasteiger charge is 2.29. The maximum Gasteiger partial charge on any atom is 0.0623 e. The average molecular weight is 272 g/mol. The molecule has 19 heavy (non-hydrogen) atoms. The first-order valence-electron chi connectivity index (χ1n) is 7.29. The predicted octanol–water partition coefficient (Wildman–Crippen LogP) is 0.659. The number of ether oxygens (including phenoxy) is 1. The lowest BCUT2D eigenvalue weighted by Crippen LogP contribution is -2.54. The van der Waals surface area contributed by atoms with Gasteiger partial charge in [0.05, 0.1) is 5.60 Å². The molecule has 1 rings (SSSR count). The van der Waals surface area contributed by atoms with Crippen LogP contribution in [0.25, 0.3) is 0 Å². The van der Waals surface area contributed by atoms with Crippen molar-refractivity contribution < 1.29 is 4.74 Å². The summed E-state index contributed by atoms with van der Waals surface area (Å²) in [7, 11) is 6.17. The SMILES string of the molecule is COC(C)(C)CCC(NN)C1CN(C)CCCN1C. The Morgan fingerprint density at radius 1 is 1.37 bits per heavy atom. The van der Waals surface area contributed by atoms with E-state index in [0.29, 0.717) is 12.1 Å². The van der Waals surface area contributed by atoms with Gasteiger partial charge in [-0.1, -0.05) is 0 Å². The number of nitrogens with zero attached hydrogens (tertiary/aromatic N) is 2. The molecule has 0 aromatic carbocycles. The molecule has 0 bridgehead atoms. The molecule has 2 atom stereocenters. The Labute approximate surface area is 118 Å². The van der Waals surface area contributed by atoms with E-state index in [1.54, 1.807) is 7.11 Å². The van der Waals surface area contributed by atoms with Crippen LogP contribution in [-0.4, -0.2) is 68.3 Å². The first-order chi connectivity index (χ1) is 8.89. The summed E-state index contributed by atoms with van der Waals surface area (Å²) in [6.45, 7) is 7.63. The number of nitrogens with two attached hydrogens (primary N) is 1. The van der Waals surface area contributed by atoms with E-state index >= 15 is 0 Å². The van der Waals surface area contributed by atoms with Gasteiger partial charge in [-0.2, -0.15) is 0 Å². The van der Waals surface area contributed by atoms with E-state index in [9.17, 15) is 0 Å². The molecule has 5 nitrogen and oxygen atoms in total. The molecule has 0 aliphatic carbocycles. The number of rotatable bonds is 6. The number of hydrogen-bond donors (Lipinski definition) is 2. The minimum atomic E-state index is -0.0791. The molecule has 1 fully saturated rings. The third kappa shape index (κ3) is 5.36. The highest BCUT2D eigenvalue weighted by Crippen LogP contribution is 2.20. The lowest BCUT2D eigenvalue weighted by molar-refractivity contribution is 0.00878. The molecule has 1 aliphatic heterocycles. The molecule has 1 saturated heterocycles. The van der Waals surface area contributed by atoms with Crippen molar-refractivity contribution in [3.63, 3.8) is 0 Å². The number of hydrazine groups is 1. The monoisotopic (exact) mass is 272 g/mol. The normalized spacial score (nSPS) is 25.3. The summed E-state index contributed by atoms with van der Waals surface area (Å²) in [5.41, 5.74) is 2.94. The molecular weight excluding hydrogens is 240 g/mol. The average Bonchev–Trinajstić information content (AvgIpc) is 2.53. The minimum absolute atomic E-state index is 0.0791. The van der Waals surface area contributed by atoms with Crippen LogP contribution in [-0.2, 0) is 4.74 Å². The van der Waals surface area contributed by atoms with Crippen molar-refractivity contribution in [2.24, 2.45) is 5.84 Å². The van der Waals surface area contributed by atoms with Gasteiger partial charge in [0.25, 0.3) is 0 Å². The lowest BCUT2D eigenvalue weighted by atomic mass is 9.94. The standard InChI is InChI=1S/C14H32N4O/c1-14(2,19-5)8-7-12(16-15)13-11-17(3)9-6-10-18(13)4/h12-13,16H,6-11,15H2,1-5H3. The second-order valence-electron chi connectivity index (χ2n) is 6.44. The van der Waals surface area contributed by atoms with Crippen LogP contribution in [0.5, 0.6) is 0 Å². The van der Waals surface area contributed by atoms with E-state index in [1.165, 1.54) is 13.0 Å². The molecule has 0 amide bonds. The van der Waals surface area contributed by atoms with Crippen molar-refractivity contribution in [2.75, 3.05) is 40.8 Å². The van der Waals surface area contributed by atoms with Gasteiger partial charge in [-0.3, -0.25) is 11.3 Å². The van der Waals surface area contributed by atoms with Crippen LogP contribution in [0.15, 0.2) is 0 Å². The third-order valence-corrected chi connectivity index (χ3v) is 4.40. The highest BCUT2D eigenvalue weighted by atomic mass is 16.5. The second kappa shape index (κ2) is 7.55. The van der Waals surface area contributed by atoms with E-state index in [1.807, 2.05) is 0 Å². The van der Waals surface area contributed by atoms with Gasteiger partial charge in [0.2, 0.25) is 0 Å². The van der Waals surface area contributed by atoms with Crippen LogP contribution >= 0.6 is 0 Å². The fourth-order valence-corrected chi connectivity index (χ4v) is 2.73. The quantitative estimate of drug-likeness (QED) is 0.549. The minimum Gasteiger partial charge on any atom is -0.379 e. The molecule has 0 saturated carbocycles. The zero-order chi connectivity index (χ0) is 14.5. The fourth-order valence-electron chi connectivity index (χ4n) is 2.73. The van der Waals surface area contributed by atoms with Gasteiger partial charge in [-0.25, -0.2) is 0 Å². The smallest absolute Gasteiger partial charge is 0.0623 e. The zero-order valence-corrected chi connectivity index (χ0v) is 13.3. The van der Waals surface area contributed by atoms with Crippen molar-refractivity contribution in [3.05, 3.63) is 0 Å². The van der Waals surface area contributed by atoms with E-state index < -0.39 is 0 Å². The summed E-state index contributed by atoms with van der Waals surface area (Å²) in [5, 5.41) is 0. The summed E-state index contributed by atoms with van der Waals surface area (Å²) in [5.74, 6) is 5.80. The molecule has 0 radical (unpaired) electrons. The van der Waals surface area contributed by atoms with E-state index in [2.05, 4.69) is 43.2 Å².